The SMILES string of the molecule is NC1=CC=C(Nc2ccccc2)C([N+](=O)[O-])C1. The summed E-state index contributed by atoms with van der Waals surface area (Å²) in [6, 6.07) is 8.57. The number of para-hydroxylation sites is 1. The number of benzene rings is 1. The summed E-state index contributed by atoms with van der Waals surface area (Å²) < 4.78 is 0. The fourth-order valence-electron chi connectivity index (χ4n) is 1.71. The second-order valence-corrected chi connectivity index (χ2v) is 3.86. The van der Waals surface area contributed by atoms with Gasteiger partial charge in [-0.1, -0.05) is 18.2 Å². The van der Waals surface area contributed by atoms with Crippen LogP contribution in [0.3, 0.4) is 0 Å². The average Bonchev–Trinajstić information content (AvgIpc) is 2.32. The van der Waals surface area contributed by atoms with E-state index in [4.69, 9.17) is 5.73 Å². The molecule has 1 aliphatic carbocycles. The molecule has 1 aromatic rings. The zero-order chi connectivity index (χ0) is 12.3. The Morgan fingerprint density at radius 3 is 2.65 bits per heavy atom. The van der Waals surface area contributed by atoms with E-state index in [0.29, 0.717) is 11.4 Å². The maximum absolute atomic E-state index is 10.9. The van der Waals surface area contributed by atoms with E-state index in [1.54, 1.807) is 12.2 Å². The molecule has 0 heterocycles. The van der Waals surface area contributed by atoms with Crippen molar-refractivity contribution in [3.05, 3.63) is 64.0 Å². The van der Waals surface area contributed by atoms with E-state index in [2.05, 4.69) is 5.32 Å². The van der Waals surface area contributed by atoms with Gasteiger partial charge < -0.3 is 11.1 Å². The van der Waals surface area contributed by atoms with Crippen molar-refractivity contribution in [2.24, 2.45) is 5.73 Å². The van der Waals surface area contributed by atoms with Gasteiger partial charge in [0.1, 0.15) is 0 Å². The summed E-state index contributed by atoms with van der Waals surface area (Å²) in [7, 11) is 0. The molecule has 0 aromatic heterocycles. The van der Waals surface area contributed by atoms with Crippen molar-refractivity contribution >= 4 is 5.69 Å². The highest BCUT2D eigenvalue weighted by Gasteiger charge is 2.28. The molecule has 0 saturated heterocycles. The number of allylic oxidation sites excluding steroid dienone is 2. The van der Waals surface area contributed by atoms with Crippen LogP contribution >= 0.6 is 0 Å². The molecule has 0 saturated carbocycles. The summed E-state index contributed by atoms with van der Waals surface area (Å²) in [5.41, 5.74) is 7.53. The van der Waals surface area contributed by atoms with E-state index in [0.717, 1.165) is 5.69 Å². The molecular weight excluding hydrogens is 218 g/mol. The van der Waals surface area contributed by atoms with Crippen molar-refractivity contribution in [3.8, 4) is 0 Å². The van der Waals surface area contributed by atoms with Gasteiger partial charge >= 0.3 is 0 Å². The first-order chi connectivity index (χ1) is 8.16. The van der Waals surface area contributed by atoms with Gasteiger partial charge in [-0.2, -0.15) is 0 Å². The van der Waals surface area contributed by atoms with Crippen molar-refractivity contribution < 1.29 is 4.92 Å². The Labute approximate surface area is 98.8 Å². The molecule has 3 N–H and O–H groups in total. The Kier molecular flexibility index (Phi) is 3.09. The van der Waals surface area contributed by atoms with Crippen LogP contribution in [0.4, 0.5) is 5.69 Å². The topological polar surface area (TPSA) is 81.2 Å². The molecule has 0 bridgehead atoms. The van der Waals surface area contributed by atoms with Gasteiger partial charge in [-0.25, -0.2) is 0 Å². The lowest BCUT2D eigenvalue weighted by Crippen LogP contribution is -2.30. The van der Waals surface area contributed by atoms with Gasteiger partial charge in [0.15, 0.2) is 0 Å². The number of rotatable bonds is 3. The predicted octanol–water partition coefficient (Wildman–Crippen LogP) is 1.87. The van der Waals surface area contributed by atoms with Crippen molar-refractivity contribution in [1.82, 2.24) is 0 Å². The smallest absolute Gasteiger partial charge is 0.257 e. The highest BCUT2D eigenvalue weighted by atomic mass is 16.6. The zero-order valence-electron chi connectivity index (χ0n) is 9.17. The first-order valence-electron chi connectivity index (χ1n) is 5.28. The van der Waals surface area contributed by atoms with E-state index in [1.165, 1.54) is 0 Å². The van der Waals surface area contributed by atoms with Crippen molar-refractivity contribution in [2.75, 3.05) is 5.32 Å². The van der Waals surface area contributed by atoms with Crippen molar-refractivity contribution in [3.63, 3.8) is 0 Å². The van der Waals surface area contributed by atoms with Gasteiger partial charge in [0.25, 0.3) is 6.04 Å². The number of nitrogens with two attached hydrogens (primary N) is 1. The molecule has 2 rings (SSSR count). The normalized spacial score (nSPS) is 19.2. The lowest BCUT2D eigenvalue weighted by molar-refractivity contribution is -0.511. The van der Waals surface area contributed by atoms with Crippen LogP contribution in [0.2, 0.25) is 0 Å². The van der Waals surface area contributed by atoms with Gasteiger partial charge in [-0.3, -0.25) is 10.1 Å². The Balaban J connectivity index is 2.21. The molecule has 0 amide bonds. The van der Waals surface area contributed by atoms with E-state index in [1.807, 2.05) is 30.3 Å². The first-order valence-corrected chi connectivity index (χ1v) is 5.28. The summed E-state index contributed by atoms with van der Waals surface area (Å²) in [6.45, 7) is 0. The third kappa shape index (κ3) is 2.63. The number of nitrogens with one attached hydrogen (secondary N) is 1. The summed E-state index contributed by atoms with van der Waals surface area (Å²) >= 11 is 0. The van der Waals surface area contributed by atoms with E-state index >= 15 is 0 Å². The molecule has 1 atom stereocenters. The van der Waals surface area contributed by atoms with Gasteiger partial charge in [0.2, 0.25) is 0 Å². The Hall–Kier alpha value is -2.30. The summed E-state index contributed by atoms with van der Waals surface area (Å²) in [5, 5.41) is 14.0. The zero-order valence-corrected chi connectivity index (χ0v) is 9.17. The van der Waals surface area contributed by atoms with E-state index in [9.17, 15) is 10.1 Å². The lowest BCUT2D eigenvalue weighted by Gasteiger charge is -2.18. The van der Waals surface area contributed by atoms with Crippen molar-refractivity contribution in [2.45, 2.75) is 12.5 Å². The standard InChI is InChI=1S/C12H13N3O2/c13-9-6-7-11(12(8-9)15(16)17)14-10-4-2-1-3-5-10/h1-7,12,14H,8,13H2. The number of hydrogen-bond donors (Lipinski definition) is 2. The Morgan fingerprint density at radius 2 is 2.00 bits per heavy atom. The van der Waals surface area contributed by atoms with E-state index in [-0.39, 0.29) is 11.3 Å². The summed E-state index contributed by atoms with van der Waals surface area (Å²) in [6.07, 6.45) is 3.61. The minimum Gasteiger partial charge on any atom is -0.402 e. The van der Waals surface area contributed by atoms with Crippen LogP contribution in [0.1, 0.15) is 6.42 Å². The van der Waals surface area contributed by atoms with Gasteiger partial charge in [0, 0.05) is 16.3 Å². The van der Waals surface area contributed by atoms with E-state index < -0.39 is 6.04 Å². The molecule has 0 spiro atoms. The fourth-order valence-corrected chi connectivity index (χ4v) is 1.71. The predicted molar refractivity (Wildman–Crippen MR) is 65.8 cm³/mol. The Bertz CT molecular complexity index is 480. The second-order valence-electron chi connectivity index (χ2n) is 3.86. The van der Waals surface area contributed by atoms with Gasteiger partial charge in [-0.15, -0.1) is 0 Å². The molecule has 1 aromatic carbocycles. The molecule has 5 heteroatoms. The molecule has 17 heavy (non-hydrogen) atoms. The average molecular weight is 231 g/mol. The number of hydrogen-bond acceptors (Lipinski definition) is 4. The molecule has 0 radical (unpaired) electrons. The molecule has 1 aliphatic rings. The van der Waals surface area contributed by atoms with Crippen LogP contribution < -0.4 is 11.1 Å². The minimum absolute atomic E-state index is 0.249. The third-order valence-corrected chi connectivity index (χ3v) is 2.58. The highest BCUT2D eigenvalue weighted by molar-refractivity contribution is 5.50. The maximum atomic E-state index is 10.9. The minimum atomic E-state index is -0.791. The molecule has 0 aliphatic heterocycles. The fraction of sp³-hybridized carbons (Fsp3) is 0.167. The van der Waals surface area contributed by atoms with Gasteiger partial charge in [-0.05, 0) is 24.3 Å². The van der Waals surface area contributed by atoms with Crippen LogP contribution in [0.15, 0.2) is 53.9 Å². The molecular formula is C12H13N3O2. The molecule has 88 valence electrons. The molecule has 0 fully saturated rings. The van der Waals surface area contributed by atoms with Crippen LogP contribution in [-0.4, -0.2) is 11.0 Å². The summed E-state index contributed by atoms with van der Waals surface area (Å²) in [5.74, 6) is 0. The summed E-state index contributed by atoms with van der Waals surface area (Å²) in [4.78, 5) is 10.6. The van der Waals surface area contributed by atoms with Crippen LogP contribution in [0.5, 0.6) is 0 Å². The van der Waals surface area contributed by atoms with Crippen LogP contribution in [-0.2, 0) is 0 Å². The number of anilines is 1. The van der Waals surface area contributed by atoms with Crippen molar-refractivity contribution in [1.29, 1.82) is 0 Å². The molecule has 1 unspecified atom stereocenters. The third-order valence-electron chi connectivity index (χ3n) is 2.58. The highest BCUT2D eigenvalue weighted by Crippen LogP contribution is 2.21. The van der Waals surface area contributed by atoms with Gasteiger partial charge in [0.05, 0.1) is 12.1 Å². The van der Waals surface area contributed by atoms with Crippen LogP contribution in [0.25, 0.3) is 0 Å². The lowest BCUT2D eigenvalue weighted by atomic mass is 10.0. The number of nitrogens with zero attached hydrogens (tertiary/aromatic N) is 1. The second kappa shape index (κ2) is 4.69. The largest absolute Gasteiger partial charge is 0.402 e. The molecule has 5 nitrogen and oxygen atoms in total. The Morgan fingerprint density at radius 1 is 1.29 bits per heavy atom. The van der Waals surface area contributed by atoms with Crippen LogP contribution in [0, 0.1) is 10.1 Å². The monoisotopic (exact) mass is 231 g/mol. The first kappa shape index (κ1) is 11.2. The quantitative estimate of drug-likeness (QED) is 0.614. The number of nitro groups is 1. The maximum Gasteiger partial charge on any atom is 0.257 e.